The van der Waals surface area contributed by atoms with Gasteiger partial charge in [0.2, 0.25) is 0 Å². The predicted octanol–water partition coefficient (Wildman–Crippen LogP) is 3.68. The van der Waals surface area contributed by atoms with Crippen LogP contribution in [-0.4, -0.2) is 0 Å². The third-order valence-electron chi connectivity index (χ3n) is 3.90. The highest BCUT2D eigenvalue weighted by atomic mass is 16.3. The van der Waals surface area contributed by atoms with Gasteiger partial charge in [-0.25, -0.2) is 0 Å². The molecule has 0 saturated heterocycles. The van der Waals surface area contributed by atoms with Gasteiger partial charge in [0.15, 0.2) is 0 Å². The van der Waals surface area contributed by atoms with Crippen molar-refractivity contribution in [2.75, 3.05) is 0 Å². The molecule has 72 valence electrons. The maximum Gasteiger partial charge on any atom is 0.107 e. The summed E-state index contributed by atoms with van der Waals surface area (Å²) < 4.78 is 5.48. The summed E-state index contributed by atoms with van der Waals surface area (Å²) in [5.41, 5.74) is 0. The van der Waals surface area contributed by atoms with Crippen molar-refractivity contribution in [2.24, 2.45) is 17.8 Å². The van der Waals surface area contributed by atoms with Crippen LogP contribution >= 0.6 is 0 Å². The minimum absolute atomic E-state index is 0.653. The van der Waals surface area contributed by atoms with Gasteiger partial charge in [0.05, 0.1) is 6.26 Å². The lowest BCUT2D eigenvalue weighted by molar-refractivity contribution is 0.351. The molecule has 0 bridgehead atoms. The quantitative estimate of drug-likeness (QED) is 0.639. The second-order valence-electron chi connectivity index (χ2n) is 4.55. The Hall–Kier alpha value is -0.720. The van der Waals surface area contributed by atoms with Crippen LogP contribution in [0.3, 0.4) is 0 Å². The zero-order valence-corrected chi connectivity index (χ0v) is 8.66. The van der Waals surface area contributed by atoms with Crippen molar-refractivity contribution < 1.29 is 4.42 Å². The van der Waals surface area contributed by atoms with Gasteiger partial charge in [0, 0.05) is 5.92 Å². The summed E-state index contributed by atoms with van der Waals surface area (Å²) in [4.78, 5) is 0. The fourth-order valence-corrected chi connectivity index (χ4v) is 2.59. The molecule has 1 aliphatic rings. The van der Waals surface area contributed by atoms with Gasteiger partial charge in [-0.05, 0) is 36.3 Å². The Morgan fingerprint density at radius 2 is 2.00 bits per heavy atom. The Morgan fingerprint density at radius 3 is 2.46 bits per heavy atom. The predicted molar refractivity (Wildman–Crippen MR) is 53.6 cm³/mol. The van der Waals surface area contributed by atoms with Crippen LogP contribution in [0.5, 0.6) is 0 Å². The molecule has 13 heavy (non-hydrogen) atoms. The summed E-state index contributed by atoms with van der Waals surface area (Å²) in [5.74, 6) is 4.27. The summed E-state index contributed by atoms with van der Waals surface area (Å²) in [6.45, 7) is 7.06. The molecular weight excluding hydrogens is 160 g/mol. The molecule has 0 aliphatic heterocycles. The van der Waals surface area contributed by atoms with Crippen LogP contribution in [-0.2, 0) is 0 Å². The molecule has 1 aromatic heterocycles. The summed E-state index contributed by atoms with van der Waals surface area (Å²) in [7, 11) is 0. The monoisotopic (exact) mass is 178 g/mol. The highest BCUT2D eigenvalue weighted by Gasteiger charge is 2.37. The van der Waals surface area contributed by atoms with E-state index in [4.69, 9.17) is 4.42 Å². The first-order valence-electron chi connectivity index (χ1n) is 5.23. The Balaban J connectivity index is 2.19. The number of rotatable bonds is 1. The van der Waals surface area contributed by atoms with Crippen LogP contribution in [0.15, 0.2) is 22.8 Å². The normalized spacial score (nSPS) is 39.6. The van der Waals surface area contributed by atoms with Gasteiger partial charge in [0.1, 0.15) is 5.76 Å². The van der Waals surface area contributed by atoms with Crippen LogP contribution < -0.4 is 0 Å². The first-order valence-corrected chi connectivity index (χ1v) is 5.23. The van der Waals surface area contributed by atoms with Gasteiger partial charge >= 0.3 is 0 Å². The molecule has 1 aromatic rings. The molecule has 2 rings (SSSR count). The Kier molecular flexibility index (Phi) is 2.19. The smallest absolute Gasteiger partial charge is 0.107 e. The van der Waals surface area contributed by atoms with Gasteiger partial charge < -0.3 is 4.42 Å². The van der Waals surface area contributed by atoms with Crippen LogP contribution in [0.1, 0.15) is 38.9 Å². The summed E-state index contributed by atoms with van der Waals surface area (Å²) in [5, 5.41) is 0. The number of hydrogen-bond donors (Lipinski definition) is 0. The minimum atomic E-state index is 0.653. The third kappa shape index (κ3) is 1.41. The van der Waals surface area contributed by atoms with Crippen molar-refractivity contribution in [1.29, 1.82) is 0 Å². The van der Waals surface area contributed by atoms with Crippen LogP contribution in [0.25, 0.3) is 0 Å². The van der Waals surface area contributed by atoms with Crippen molar-refractivity contribution in [2.45, 2.75) is 33.1 Å². The molecule has 4 unspecified atom stereocenters. The van der Waals surface area contributed by atoms with Crippen LogP contribution in [0, 0.1) is 17.8 Å². The van der Waals surface area contributed by atoms with Crippen molar-refractivity contribution >= 4 is 0 Å². The van der Waals surface area contributed by atoms with Gasteiger partial charge in [-0.3, -0.25) is 0 Å². The molecule has 1 fully saturated rings. The Labute approximate surface area is 80.1 Å². The second kappa shape index (κ2) is 3.21. The van der Waals surface area contributed by atoms with Crippen molar-refractivity contribution in [3.8, 4) is 0 Å². The summed E-state index contributed by atoms with van der Waals surface area (Å²) in [6, 6.07) is 4.11. The molecule has 0 aromatic carbocycles. The van der Waals surface area contributed by atoms with Crippen molar-refractivity contribution in [1.82, 2.24) is 0 Å². The van der Waals surface area contributed by atoms with E-state index in [9.17, 15) is 0 Å². The highest BCUT2D eigenvalue weighted by Crippen LogP contribution is 2.46. The molecule has 4 atom stereocenters. The van der Waals surface area contributed by atoms with E-state index in [1.54, 1.807) is 6.26 Å². The zero-order valence-electron chi connectivity index (χ0n) is 8.66. The van der Waals surface area contributed by atoms with Gasteiger partial charge in [-0.2, -0.15) is 0 Å². The van der Waals surface area contributed by atoms with Gasteiger partial charge in [-0.15, -0.1) is 0 Å². The molecule has 1 aliphatic carbocycles. The fourth-order valence-electron chi connectivity index (χ4n) is 2.59. The van der Waals surface area contributed by atoms with Gasteiger partial charge in [-0.1, -0.05) is 20.8 Å². The van der Waals surface area contributed by atoms with E-state index in [1.807, 2.05) is 6.07 Å². The van der Waals surface area contributed by atoms with Crippen LogP contribution in [0.4, 0.5) is 0 Å². The van der Waals surface area contributed by atoms with E-state index in [2.05, 4.69) is 26.8 Å². The molecule has 0 amide bonds. The van der Waals surface area contributed by atoms with Crippen LogP contribution in [0.2, 0.25) is 0 Å². The first-order chi connectivity index (χ1) is 6.20. The van der Waals surface area contributed by atoms with E-state index in [0.717, 1.165) is 17.8 Å². The largest absolute Gasteiger partial charge is 0.469 e. The first kappa shape index (κ1) is 8.86. The lowest BCUT2D eigenvalue weighted by Gasteiger charge is -2.16. The molecule has 1 heterocycles. The third-order valence-corrected chi connectivity index (χ3v) is 3.90. The Morgan fingerprint density at radius 1 is 1.23 bits per heavy atom. The molecule has 1 saturated carbocycles. The maximum atomic E-state index is 5.48. The average molecular weight is 178 g/mol. The van der Waals surface area contributed by atoms with E-state index in [1.165, 1.54) is 12.2 Å². The molecule has 0 spiro atoms. The lowest BCUT2D eigenvalue weighted by Crippen LogP contribution is -2.08. The van der Waals surface area contributed by atoms with Crippen molar-refractivity contribution in [3.05, 3.63) is 24.2 Å². The molecular formula is C12H18O. The van der Waals surface area contributed by atoms with Crippen molar-refractivity contribution in [3.63, 3.8) is 0 Å². The van der Waals surface area contributed by atoms with Gasteiger partial charge in [0.25, 0.3) is 0 Å². The highest BCUT2D eigenvalue weighted by molar-refractivity contribution is 5.10. The second-order valence-corrected chi connectivity index (χ2v) is 4.55. The summed E-state index contributed by atoms with van der Waals surface area (Å²) >= 11 is 0. The fraction of sp³-hybridized carbons (Fsp3) is 0.667. The van der Waals surface area contributed by atoms with E-state index < -0.39 is 0 Å². The molecule has 1 nitrogen and oxygen atoms in total. The minimum Gasteiger partial charge on any atom is -0.469 e. The molecule has 0 radical (unpaired) electrons. The van der Waals surface area contributed by atoms with E-state index in [0.29, 0.717) is 5.92 Å². The summed E-state index contributed by atoms with van der Waals surface area (Å²) in [6.07, 6.45) is 3.07. The van der Waals surface area contributed by atoms with E-state index in [-0.39, 0.29) is 0 Å². The Bertz CT molecular complexity index is 263. The SMILES string of the molecule is CC1CC(c2ccco2)C(C)C1C. The number of furan rings is 1. The van der Waals surface area contributed by atoms with E-state index >= 15 is 0 Å². The number of hydrogen-bond acceptors (Lipinski definition) is 1. The molecule has 0 N–H and O–H groups in total. The lowest BCUT2D eigenvalue weighted by atomic mass is 9.90. The standard InChI is InChI=1S/C12H18O/c1-8-7-11(10(3)9(8)2)12-5-4-6-13-12/h4-6,8-11H,7H2,1-3H3. The topological polar surface area (TPSA) is 13.1 Å². The molecule has 1 heteroatoms. The average Bonchev–Trinajstić information content (AvgIpc) is 2.70. The zero-order chi connectivity index (χ0) is 9.42. The maximum absolute atomic E-state index is 5.48.